The number of amides is 1. The fourth-order valence-corrected chi connectivity index (χ4v) is 2.53. The lowest BCUT2D eigenvalue weighted by Gasteiger charge is -2.39. The Hall–Kier alpha value is -1.52. The average Bonchev–Trinajstić information content (AvgIpc) is 3.01. The Kier molecular flexibility index (Phi) is 3.22. The van der Waals surface area contributed by atoms with Crippen LogP contribution in [-0.4, -0.2) is 39.5 Å². The van der Waals surface area contributed by atoms with Gasteiger partial charge in [0.05, 0.1) is 12.2 Å². The molecule has 2 heterocycles. The molecule has 0 N–H and O–H groups in total. The SMILES string of the molecule is CC(C)(C)OC(=O)N1CC(Cc2cnn(C3CC3)c2)C1. The Morgan fingerprint density at radius 2 is 2.10 bits per heavy atom. The van der Waals surface area contributed by atoms with E-state index in [2.05, 4.69) is 16.0 Å². The number of hydrogen-bond acceptors (Lipinski definition) is 3. The fourth-order valence-electron chi connectivity index (χ4n) is 2.53. The molecular weight excluding hydrogens is 254 g/mol. The molecule has 0 radical (unpaired) electrons. The van der Waals surface area contributed by atoms with Gasteiger partial charge in [-0.15, -0.1) is 0 Å². The molecule has 0 unspecified atom stereocenters. The molecule has 0 aromatic carbocycles. The molecule has 110 valence electrons. The summed E-state index contributed by atoms with van der Waals surface area (Å²) in [5.41, 5.74) is 0.874. The number of carbonyl (C=O) groups excluding carboxylic acids is 1. The van der Waals surface area contributed by atoms with Crippen molar-refractivity contribution in [2.45, 2.75) is 51.7 Å². The minimum Gasteiger partial charge on any atom is -0.444 e. The highest BCUT2D eigenvalue weighted by molar-refractivity contribution is 5.69. The lowest BCUT2D eigenvalue weighted by atomic mass is 9.94. The largest absolute Gasteiger partial charge is 0.444 e. The van der Waals surface area contributed by atoms with Crippen molar-refractivity contribution in [1.82, 2.24) is 14.7 Å². The first kappa shape index (κ1) is 13.5. The second-order valence-corrected chi connectivity index (χ2v) is 7.02. The average molecular weight is 277 g/mol. The number of nitrogens with zero attached hydrogens (tertiary/aromatic N) is 3. The van der Waals surface area contributed by atoms with Gasteiger partial charge in [0.15, 0.2) is 0 Å². The van der Waals surface area contributed by atoms with E-state index < -0.39 is 5.60 Å². The van der Waals surface area contributed by atoms with Crippen LogP contribution in [0, 0.1) is 5.92 Å². The Morgan fingerprint density at radius 1 is 1.40 bits per heavy atom. The lowest BCUT2D eigenvalue weighted by Crippen LogP contribution is -2.52. The number of rotatable bonds is 3. The molecular formula is C15H23N3O2. The first-order chi connectivity index (χ1) is 9.40. The van der Waals surface area contributed by atoms with Gasteiger partial charge >= 0.3 is 6.09 Å². The highest BCUT2D eigenvalue weighted by Gasteiger charge is 2.34. The molecule has 20 heavy (non-hydrogen) atoms. The summed E-state index contributed by atoms with van der Waals surface area (Å²) in [7, 11) is 0. The lowest BCUT2D eigenvalue weighted by molar-refractivity contribution is -0.000878. The highest BCUT2D eigenvalue weighted by Crippen LogP contribution is 2.34. The summed E-state index contributed by atoms with van der Waals surface area (Å²) in [6.45, 7) is 7.28. The summed E-state index contributed by atoms with van der Waals surface area (Å²) in [5.74, 6) is 0.541. The molecule has 0 atom stereocenters. The molecule has 1 aliphatic carbocycles. The molecule has 1 saturated carbocycles. The summed E-state index contributed by atoms with van der Waals surface area (Å²) < 4.78 is 7.44. The van der Waals surface area contributed by atoms with Crippen LogP contribution >= 0.6 is 0 Å². The van der Waals surface area contributed by atoms with Gasteiger partial charge < -0.3 is 9.64 Å². The zero-order valence-electron chi connectivity index (χ0n) is 12.5. The third-order valence-corrected chi connectivity index (χ3v) is 3.71. The van der Waals surface area contributed by atoms with Crippen molar-refractivity contribution in [2.75, 3.05) is 13.1 Å². The van der Waals surface area contributed by atoms with Crippen molar-refractivity contribution in [3.8, 4) is 0 Å². The van der Waals surface area contributed by atoms with Crippen LogP contribution in [0.25, 0.3) is 0 Å². The van der Waals surface area contributed by atoms with Crippen LogP contribution in [-0.2, 0) is 11.2 Å². The van der Waals surface area contributed by atoms with Gasteiger partial charge in [0.1, 0.15) is 5.60 Å². The first-order valence-corrected chi connectivity index (χ1v) is 7.42. The third kappa shape index (κ3) is 3.14. The van der Waals surface area contributed by atoms with Gasteiger partial charge in [-0.3, -0.25) is 4.68 Å². The van der Waals surface area contributed by atoms with Crippen LogP contribution in [0.4, 0.5) is 4.79 Å². The summed E-state index contributed by atoms with van der Waals surface area (Å²) in [6, 6.07) is 0.642. The van der Waals surface area contributed by atoms with E-state index in [1.54, 1.807) is 4.90 Å². The van der Waals surface area contributed by atoms with E-state index in [1.165, 1.54) is 18.4 Å². The molecule has 1 aliphatic heterocycles. The molecule has 1 aromatic heterocycles. The minimum atomic E-state index is -0.409. The van der Waals surface area contributed by atoms with Gasteiger partial charge in [0, 0.05) is 19.3 Å². The maximum Gasteiger partial charge on any atom is 0.410 e. The Balaban J connectivity index is 1.44. The predicted molar refractivity (Wildman–Crippen MR) is 75.5 cm³/mol. The highest BCUT2D eigenvalue weighted by atomic mass is 16.6. The van der Waals surface area contributed by atoms with Crippen molar-refractivity contribution in [3.63, 3.8) is 0 Å². The quantitative estimate of drug-likeness (QED) is 0.853. The predicted octanol–water partition coefficient (Wildman–Crippen LogP) is 2.63. The van der Waals surface area contributed by atoms with E-state index >= 15 is 0 Å². The van der Waals surface area contributed by atoms with Crippen LogP contribution in [0.15, 0.2) is 12.4 Å². The van der Waals surface area contributed by atoms with Crippen molar-refractivity contribution in [1.29, 1.82) is 0 Å². The van der Waals surface area contributed by atoms with Crippen molar-refractivity contribution >= 4 is 6.09 Å². The Morgan fingerprint density at radius 3 is 2.70 bits per heavy atom. The first-order valence-electron chi connectivity index (χ1n) is 7.42. The number of carbonyl (C=O) groups is 1. The normalized spacial score (nSPS) is 19.9. The molecule has 1 aromatic rings. The summed E-state index contributed by atoms with van der Waals surface area (Å²) in [5, 5.41) is 4.40. The molecule has 5 heteroatoms. The molecule has 0 spiro atoms. The van der Waals surface area contributed by atoms with E-state index in [1.807, 2.05) is 27.0 Å². The van der Waals surface area contributed by atoms with E-state index in [4.69, 9.17) is 4.74 Å². The van der Waals surface area contributed by atoms with E-state index in [0.29, 0.717) is 12.0 Å². The van der Waals surface area contributed by atoms with Gasteiger partial charge in [-0.25, -0.2) is 4.79 Å². The summed E-state index contributed by atoms with van der Waals surface area (Å²) in [6.07, 6.45) is 7.46. The smallest absolute Gasteiger partial charge is 0.410 e. The van der Waals surface area contributed by atoms with E-state index in [-0.39, 0.29) is 6.09 Å². The minimum absolute atomic E-state index is 0.192. The van der Waals surface area contributed by atoms with Gasteiger partial charge in [-0.2, -0.15) is 5.10 Å². The number of aromatic nitrogens is 2. The number of hydrogen-bond donors (Lipinski definition) is 0. The Bertz CT molecular complexity index is 493. The third-order valence-electron chi connectivity index (χ3n) is 3.71. The zero-order valence-corrected chi connectivity index (χ0v) is 12.5. The second kappa shape index (κ2) is 4.79. The standard InChI is InChI=1S/C15H23N3O2/c1-15(2,3)20-14(19)17-8-12(9-17)6-11-7-16-18(10-11)13-4-5-13/h7,10,12-13H,4-6,8-9H2,1-3H3. The van der Waals surface area contributed by atoms with Crippen LogP contribution in [0.1, 0.15) is 45.2 Å². The maximum absolute atomic E-state index is 11.8. The van der Waals surface area contributed by atoms with Crippen LogP contribution < -0.4 is 0 Å². The molecule has 2 aliphatic rings. The van der Waals surface area contributed by atoms with Gasteiger partial charge in [-0.1, -0.05) is 0 Å². The van der Waals surface area contributed by atoms with Crippen LogP contribution in [0.3, 0.4) is 0 Å². The molecule has 3 rings (SSSR count). The Labute approximate surface area is 119 Å². The molecule has 1 saturated heterocycles. The van der Waals surface area contributed by atoms with Gasteiger partial charge in [0.25, 0.3) is 0 Å². The fraction of sp³-hybridized carbons (Fsp3) is 0.733. The number of ether oxygens (including phenoxy) is 1. The maximum atomic E-state index is 11.8. The molecule has 0 bridgehead atoms. The molecule has 5 nitrogen and oxygen atoms in total. The van der Waals surface area contributed by atoms with Crippen molar-refractivity contribution in [2.24, 2.45) is 5.92 Å². The number of likely N-dealkylation sites (tertiary alicyclic amines) is 1. The monoisotopic (exact) mass is 277 g/mol. The zero-order chi connectivity index (χ0) is 14.3. The summed E-state index contributed by atoms with van der Waals surface area (Å²) >= 11 is 0. The second-order valence-electron chi connectivity index (χ2n) is 7.02. The van der Waals surface area contributed by atoms with E-state index in [0.717, 1.165) is 19.5 Å². The van der Waals surface area contributed by atoms with Crippen LogP contribution in [0.2, 0.25) is 0 Å². The van der Waals surface area contributed by atoms with Gasteiger partial charge in [0.2, 0.25) is 0 Å². The van der Waals surface area contributed by atoms with E-state index in [9.17, 15) is 4.79 Å². The van der Waals surface area contributed by atoms with Crippen molar-refractivity contribution < 1.29 is 9.53 Å². The molecule has 1 amide bonds. The van der Waals surface area contributed by atoms with Crippen LogP contribution in [0.5, 0.6) is 0 Å². The summed E-state index contributed by atoms with van der Waals surface area (Å²) in [4.78, 5) is 13.6. The topological polar surface area (TPSA) is 47.4 Å². The molecule has 2 fully saturated rings. The van der Waals surface area contributed by atoms with Gasteiger partial charge in [-0.05, 0) is 51.5 Å². The van der Waals surface area contributed by atoms with Crippen molar-refractivity contribution in [3.05, 3.63) is 18.0 Å².